The number of carbonyl (C=O) groups excluding carboxylic acids is 1. The van der Waals surface area contributed by atoms with Gasteiger partial charge in [0.15, 0.2) is 0 Å². The Morgan fingerprint density at radius 3 is 2.12 bits per heavy atom. The van der Waals surface area contributed by atoms with Crippen LogP contribution in [0.25, 0.3) is 0 Å². The lowest BCUT2D eigenvalue weighted by atomic mass is 9.72. The van der Waals surface area contributed by atoms with E-state index in [4.69, 9.17) is 21.2 Å². The van der Waals surface area contributed by atoms with Crippen molar-refractivity contribution in [2.24, 2.45) is 16.0 Å². The van der Waals surface area contributed by atoms with Crippen molar-refractivity contribution >= 4 is 23.3 Å². The molecule has 1 aliphatic heterocycles. The summed E-state index contributed by atoms with van der Waals surface area (Å²) in [6, 6.07) is 7.06. The summed E-state index contributed by atoms with van der Waals surface area (Å²) in [4.78, 5) is 18.8. The lowest BCUT2D eigenvalue weighted by molar-refractivity contribution is -0.167. The minimum atomic E-state index is -1.54. The van der Waals surface area contributed by atoms with Crippen LogP contribution >= 0.6 is 11.6 Å². The first-order valence-corrected chi connectivity index (χ1v) is 9.02. The first kappa shape index (κ1) is 18.7. The van der Waals surface area contributed by atoms with Crippen molar-refractivity contribution in [3.8, 4) is 0 Å². The van der Waals surface area contributed by atoms with Crippen LogP contribution in [0.2, 0.25) is 5.02 Å². The molecule has 1 aromatic rings. The molecule has 138 valence electrons. The molecule has 1 heterocycles. The van der Waals surface area contributed by atoms with Gasteiger partial charge in [-0.3, -0.25) is 4.79 Å². The second-order valence-corrected chi connectivity index (χ2v) is 9.17. The number of allylic oxidation sites excluding steroid dienone is 2. The maximum atomic E-state index is 13.1. The fourth-order valence-corrected chi connectivity index (χ4v) is 3.11. The predicted molar refractivity (Wildman–Crippen MR) is 103 cm³/mol. The number of halogens is 1. The third kappa shape index (κ3) is 3.18. The molecule has 3 rings (SSSR count). The van der Waals surface area contributed by atoms with Crippen LogP contribution in [0.5, 0.6) is 0 Å². The van der Waals surface area contributed by atoms with Crippen LogP contribution in [-0.4, -0.2) is 17.5 Å². The van der Waals surface area contributed by atoms with Gasteiger partial charge in [0.05, 0.1) is 0 Å². The molecule has 0 saturated carbocycles. The van der Waals surface area contributed by atoms with Gasteiger partial charge in [0.25, 0.3) is 5.90 Å². The summed E-state index contributed by atoms with van der Waals surface area (Å²) >= 11 is 5.94. The molecule has 4 nitrogen and oxygen atoms in total. The molecule has 0 aromatic heterocycles. The van der Waals surface area contributed by atoms with Gasteiger partial charge in [-0.05, 0) is 51.9 Å². The van der Waals surface area contributed by atoms with Crippen LogP contribution in [-0.2, 0) is 14.4 Å². The van der Waals surface area contributed by atoms with Crippen molar-refractivity contribution in [2.45, 2.75) is 47.3 Å². The molecule has 0 bridgehead atoms. The van der Waals surface area contributed by atoms with Crippen molar-refractivity contribution in [1.29, 1.82) is 0 Å². The molecule has 0 saturated heterocycles. The second kappa shape index (κ2) is 5.98. The van der Waals surface area contributed by atoms with Crippen molar-refractivity contribution in [1.82, 2.24) is 0 Å². The zero-order valence-corrected chi connectivity index (χ0v) is 16.8. The van der Waals surface area contributed by atoms with E-state index in [1.165, 1.54) is 0 Å². The molecule has 1 aromatic carbocycles. The molecule has 1 spiro atoms. The number of hydrogen-bond acceptors (Lipinski definition) is 4. The van der Waals surface area contributed by atoms with Gasteiger partial charge in [-0.2, -0.15) is 0 Å². The fourth-order valence-electron chi connectivity index (χ4n) is 2.99. The Morgan fingerprint density at radius 2 is 1.58 bits per heavy atom. The predicted octanol–water partition coefficient (Wildman–Crippen LogP) is 5.27. The maximum Gasteiger partial charge on any atom is 0.364 e. The average molecular weight is 374 g/mol. The Labute approximate surface area is 159 Å². The zero-order valence-electron chi connectivity index (χ0n) is 16.0. The van der Waals surface area contributed by atoms with Gasteiger partial charge in [0.1, 0.15) is 0 Å². The molecule has 0 amide bonds. The third-order valence-corrected chi connectivity index (χ3v) is 4.78. The quantitative estimate of drug-likeness (QED) is 0.673. The molecule has 1 aliphatic carbocycles. The summed E-state index contributed by atoms with van der Waals surface area (Å²) in [5.74, 6) is -1.51. The summed E-state index contributed by atoms with van der Waals surface area (Å²) in [7, 11) is 0. The highest BCUT2D eigenvalue weighted by Crippen LogP contribution is 2.46. The van der Waals surface area contributed by atoms with Crippen LogP contribution in [0, 0.1) is 10.8 Å². The van der Waals surface area contributed by atoms with Crippen LogP contribution < -0.4 is 0 Å². The molecule has 1 unspecified atom stereocenters. The third-order valence-electron chi connectivity index (χ3n) is 4.53. The van der Waals surface area contributed by atoms with E-state index < -0.39 is 5.79 Å². The second-order valence-electron chi connectivity index (χ2n) is 8.74. The maximum absolute atomic E-state index is 13.1. The Kier molecular flexibility index (Phi) is 4.31. The van der Waals surface area contributed by atoms with E-state index in [1.807, 2.05) is 26.8 Å². The van der Waals surface area contributed by atoms with Gasteiger partial charge < -0.3 is 9.57 Å². The Hall–Kier alpha value is -2.07. The van der Waals surface area contributed by atoms with Crippen molar-refractivity contribution in [3.63, 3.8) is 0 Å². The van der Waals surface area contributed by atoms with Gasteiger partial charge in [-0.25, -0.2) is 0 Å². The number of ether oxygens (including phenoxy) is 1. The molecule has 0 radical (unpaired) electrons. The molecule has 5 heteroatoms. The van der Waals surface area contributed by atoms with Crippen molar-refractivity contribution in [2.75, 3.05) is 0 Å². The van der Waals surface area contributed by atoms with Gasteiger partial charge in [-0.1, -0.05) is 59.2 Å². The standard InChI is InChI=1S/C21H24ClNO3/c1-19(2,3)14-11-16(20(4,5)6)21(17(24)12-14)25-18(23-26-21)13-7-9-15(22)10-8-13/h7-12H,1-6H3. The van der Waals surface area contributed by atoms with E-state index in [-0.39, 0.29) is 22.5 Å². The van der Waals surface area contributed by atoms with E-state index in [1.54, 1.807) is 30.3 Å². The number of nitrogens with zero attached hydrogens (tertiary/aromatic N) is 1. The smallest absolute Gasteiger partial charge is 0.364 e. The van der Waals surface area contributed by atoms with Crippen molar-refractivity contribution < 1.29 is 14.4 Å². The highest BCUT2D eigenvalue weighted by atomic mass is 35.5. The van der Waals surface area contributed by atoms with Crippen LogP contribution in [0.3, 0.4) is 0 Å². The summed E-state index contributed by atoms with van der Waals surface area (Å²) in [6.07, 6.45) is 3.62. The average Bonchev–Trinajstić information content (AvgIpc) is 2.94. The minimum Gasteiger partial charge on any atom is -0.419 e. The highest BCUT2D eigenvalue weighted by molar-refractivity contribution is 6.30. The monoisotopic (exact) mass is 373 g/mol. The van der Waals surface area contributed by atoms with Gasteiger partial charge in [-0.15, -0.1) is 0 Å². The molecule has 2 aliphatic rings. The van der Waals surface area contributed by atoms with Crippen LogP contribution in [0.1, 0.15) is 47.1 Å². The largest absolute Gasteiger partial charge is 0.419 e. The van der Waals surface area contributed by atoms with Crippen molar-refractivity contribution in [3.05, 3.63) is 58.1 Å². The minimum absolute atomic E-state index is 0.160. The summed E-state index contributed by atoms with van der Waals surface area (Å²) in [5.41, 5.74) is 1.91. The molecular weight excluding hydrogens is 350 g/mol. The van der Waals surface area contributed by atoms with Gasteiger partial charge in [0.2, 0.25) is 5.78 Å². The molecular formula is C21H24ClNO3. The first-order valence-electron chi connectivity index (χ1n) is 8.64. The van der Waals surface area contributed by atoms with Crippen LogP contribution in [0.4, 0.5) is 0 Å². The number of carbonyl (C=O) groups is 1. The van der Waals surface area contributed by atoms with Gasteiger partial charge >= 0.3 is 5.79 Å². The molecule has 26 heavy (non-hydrogen) atoms. The van der Waals surface area contributed by atoms with E-state index in [9.17, 15) is 4.79 Å². The highest BCUT2D eigenvalue weighted by Gasteiger charge is 2.56. The topological polar surface area (TPSA) is 47.9 Å². The number of rotatable bonds is 1. The van der Waals surface area contributed by atoms with E-state index in [0.29, 0.717) is 10.6 Å². The number of oxime groups is 1. The summed E-state index contributed by atoms with van der Waals surface area (Å²) < 4.78 is 6.05. The Morgan fingerprint density at radius 1 is 0.962 bits per heavy atom. The number of ketones is 1. The summed E-state index contributed by atoms with van der Waals surface area (Å²) in [6.45, 7) is 12.3. The van der Waals surface area contributed by atoms with Crippen LogP contribution in [0.15, 0.2) is 52.7 Å². The molecule has 0 N–H and O–H groups in total. The normalized spacial score (nSPS) is 23.2. The molecule has 0 fully saturated rings. The first-order chi connectivity index (χ1) is 11.9. The lowest BCUT2D eigenvalue weighted by Crippen LogP contribution is -2.48. The van der Waals surface area contributed by atoms with E-state index >= 15 is 0 Å². The van der Waals surface area contributed by atoms with E-state index in [2.05, 4.69) is 25.9 Å². The van der Waals surface area contributed by atoms with Gasteiger partial charge in [0, 0.05) is 16.2 Å². The lowest BCUT2D eigenvalue weighted by Gasteiger charge is -2.38. The Bertz CT molecular complexity index is 835. The fraction of sp³-hybridized carbons (Fsp3) is 0.429. The van der Waals surface area contributed by atoms with E-state index in [0.717, 1.165) is 11.1 Å². The molecule has 1 atom stereocenters. The number of benzene rings is 1. The Balaban J connectivity index is 2.02. The summed E-state index contributed by atoms with van der Waals surface area (Å²) in [5, 5.41) is 4.69. The number of hydrogen-bond donors (Lipinski definition) is 0. The zero-order chi connectivity index (χ0) is 19.3. The SMILES string of the molecule is CC(C)(C)C1=CC(=O)C2(ON=C(c3ccc(Cl)cc3)O2)C(C(C)(C)C)=C1.